The SMILES string of the molecule is CCN(CC)c1ccc(NC(=O)COc2c(Cl)cccc2Cl)c(C)c1. The van der Waals surface area contributed by atoms with Gasteiger partial charge in [0.2, 0.25) is 0 Å². The van der Waals surface area contributed by atoms with E-state index in [1.807, 2.05) is 19.1 Å². The van der Waals surface area contributed by atoms with Crippen molar-refractivity contribution in [1.29, 1.82) is 0 Å². The molecule has 0 aliphatic carbocycles. The fourth-order valence-electron chi connectivity index (χ4n) is 2.52. The molecular weight excluding hydrogens is 359 g/mol. The molecule has 0 radical (unpaired) electrons. The lowest BCUT2D eigenvalue weighted by Gasteiger charge is -2.22. The summed E-state index contributed by atoms with van der Waals surface area (Å²) in [6.45, 7) is 7.91. The van der Waals surface area contributed by atoms with Gasteiger partial charge in [-0.1, -0.05) is 29.3 Å². The van der Waals surface area contributed by atoms with Crippen LogP contribution in [0.4, 0.5) is 11.4 Å². The molecule has 0 aliphatic heterocycles. The van der Waals surface area contributed by atoms with Gasteiger partial charge in [-0.05, 0) is 56.7 Å². The van der Waals surface area contributed by atoms with Crippen molar-refractivity contribution in [2.75, 3.05) is 29.9 Å². The maximum Gasteiger partial charge on any atom is 0.262 e. The van der Waals surface area contributed by atoms with E-state index >= 15 is 0 Å². The molecule has 0 aromatic heterocycles. The number of hydrogen-bond donors (Lipinski definition) is 1. The molecule has 0 saturated carbocycles. The van der Waals surface area contributed by atoms with Crippen molar-refractivity contribution in [2.24, 2.45) is 0 Å². The summed E-state index contributed by atoms with van der Waals surface area (Å²) in [5.74, 6) is 0.0456. The second-order valence-electron chi connectivity index (χ2n) is 5.56. The van der Waals surface area contributed by atoms with E-state index in [2.05, 4.69) is 30.1 Å². The largest absolute Gasteiger partial charge is 0.481 e. The molecule has 4 nitrogen and oxygen atoms in total. The summed E-state index contributed by atoms with van der Waals surface area (Å²) in [5.41, 5.74) is 2.89. The second kappa shape index (κ2) is 8.97. The van der Waals surface area contributed by atoms with Crippen molar-refractivity contribution in [3.63, 3.8) is 0 Å². The van der Waals surface area contributed by atoms with E-state index in [1.165, 1.54) is 0 Å². The number of aryl methyl sites for hydroxylation is 1. The highest BCUT2D eigenvalue weighted by Crippen LogP contribution is 2.32. The average molecular weight is 381 g/mol. The van der Waals surface area contributed by atoms with Gasteiger partial charge in [-0.3, -0.25) is 4.79 Å². The molecule has 1 amide bonds. The van der Waals surface area contributed by atoms with Gasteiger partial charge in [0.15, 0.2) is 12.4 Å². The fraction of sp³-hybridized carbons (Fsp3) is 0.316. The molecular formula is C19H22Cl2N2O2. The topological polar surface area (TPSA) is 41.6 Å². The van der Waals surface area contributed by atoms with Crippen LogP contribution in [-0.4, -0.2) is 25.6 Å². The van der Waals surface area contributed by atoms with Crippen LogP contribution < -0.4 is 15.0 Å². The molecule has 6 heteroatoms. The molecule has 2 aromatic carbocycles. The Morgan fingerprint density at radius 3 is 2.32 bits per heavy atom. The lowest BCUT2D eigenvalue weighted by molar-refractivity contribution is -0.118. The Hall–Kier alpha value is -1.91. The average Bonchev–Trinajstić information content (AvgIpc) is 2.58. The first-order valence-electron chi connectivity index (χ1n) is 8.18. The Kier molecular flexibility index (Phi) is 6.97. The number of nitrogens with zero attached hydrogens (tertiary/aromatic N) is 1. The summed E-state index contributed by atoms with van der Waals surface area (Å²) >= 11 is 12.1. The first kappa shape index (κ1) is 19.4. The van der Waals surface area contributed by atoms with Crippen LogP contribution in [0.25, 0.3) is 0 Å². The molecule has 0 atom stereocenters. The number of carbonyl (C=O) groups is 1. The highest BCUT2D eigenvalue weighted by molar-refractivity contribution is 6.37. The van der Waals surface area contributed by atoms with Crippen molar-refractivity contribution in [2.45, 2.75) is 20.8 Å². The van der Waals surface area contributed by atoms with Crippen molar-refractivity contribution in [1.82, 2.24) is 0 Å². The first-order chi connectivity index (χ1) is 12.0. The van der Waals surface area contributed by atoms with Gasteiger partial charge in [-0.25, -0.2) is 0 Å². The van der Waals surface area contributed by atoms with E-state index in [1.54, 1.807) is 18.2 Å². The van der Waals surface area contributed by atoms with Gasteiger partial charge < -0.3 is 15.0 Å². The van der Waals surface area contributed by atoms with Crippen LogP contribution in [-0.2, 0) is 4.79 Å². The van der Waals surface area contributed by atoms with E-state index in [-0.39, 0.29) is 12.5 Å². The van der Waals surface area contributed by atoms with Gasteiger partial charge in [0.1, 0.15) is 0 Å². The number of halogens is 2. The number of hydrogen-bond acceptors (Lipinski definition) is 3. The van der Waals surface area contributed by atoms with E-state index in [0.717, 1.165) is 30.0 Å². The van der Waals surface area contributed by atoms with Crippen molar-refractivity contribution in [3.8, 4) is 5.75 Å². The minimum atomic E-state index is -0.269. The predicted octanol–water partition coefficient (Wildman–Crippen LogP) is 5.17. The van der Waals surface area contributed by atoms with E-state index < -0.39 is 0 Å². The molecule has 25 heavy (non-hydrogen) atoms. The van der Waals surface area contributed by atoms with Crippen LogP contribution in [0, 0.1) is 6.92 Å². The summed E-state index contributed by atoms with van der Waals surface area (Å²) < 4.78 is 5.45. The van der Waals surface area contributed by atoms with Gasteiger partial charge >= 0.3 is 0 Å². The lowest BCUT2D eigenvalue weighted by atomic mass is 10.1. The monoisotopic (exact) mass is 380 g/mol. The maximum atomic E-state index is 12.2. The Morgan fingerprint density at radius 2 is 1.76 bits per heavy atom. The van der Waals surface area contributed by atoms with Crippen LogP contribution in [0.2, 0.25) is 10.0 Å². The van der Waals surface area contributed by atoms with Gasteiger partial charge in [-0.15, -0.1) is 0 Å². The highest BCUT2D eigenvalue weighted by atomic mass is 35.5. The smallest absolute Gasteiger partial charge is 0.262 e. The molecule has 0 aliphatic rings. The Labute approximate surface area is 158 Å². The van der Waals surface area contributed by atoms with Crippen LogP contribution in [0.1, 0.15) is 19.4 Å². The number of amides is 1. The highest BCUT2D eigenvalue weighted by Gasteiger charge is 2.11. The Balaban J connectivity index is 2.01. The minimum absolute atomic E-state index is 0.166. The Bertz CT molecular complexity index is 726. The normalized spacial score (nSPS) is 10.4. The zero-order valence-corrected chi connectivity index (χ0v) is 16.1. The standard InChI is InChI=1S/C19H22Cl2N2O2/c1-4-23(5-2)14-9-10-17(13(3)11-14)22-18(24)12-25-19-15(20)7-6-8-16(19)21/h6-11H,4-5,12H2,1-3H3,(H,22,24). The number of anilines is 2. The molecule has 0 fully saturated rings. The molecule has 2 aromatic rings. The van der Waals surface area contributed by atoms with Gasteiger partial charge in [0.25, 0.3) is 5.91 Å². The quantitative estimate of drug-likeness (QED) is 0.720. The number of benzene rings is 2. The molecule has 0 heterocycles. The number of para-hydroxylation sites is 1. The molecule has 134 valence electrons. The van der Waals surface area contributed by atoms with Crippen LogP contribution in [0.15, 0.2) is 36.4 Å². The van der Waals surface area contributed by atoms with Gasteiger partial charge in [0.05, 0.1) is 10.0 Å². The summed E-state index contributed by atoms with van der Waals surface area (Å²) in [5, 5.41) is 3.60. The van der Waals surface area contributed by atoms with E-state index in [4.69, 9.17) is 27.9 Å². The number of rotatable bonds is 7. The molecule has 0 spiro atoms. The number of nitrogens with one attached hydrogen (secondary N) is 1. The minimum Gasteiger partial charge on any atom is -0.481 e. The summed E-state index contributed by atoms with van der Waals surface area (Å²) in [7, 11) is 0. The first-order valence-corrected chi connectivity index (χ1v) is 8.94. The molecule has 1 N–H and O–H groups in total. The molecule has 0 bridgehead atoms. The summed E-state index contributed by atoms with van der Waals surface area (Å²) in [6, 6.07) is 11.0. The van der Waals surface area contributed by atoms with Crippen molar-refractivity contribution >= 4 is 40.5 Å². The van der Waals surface area contributed by atoms with Gasteiger partial charge in [0, 0.05) is 24.5 Å². The van der Waals surface area contributed by atoms with Crippen LogP contribution >= 0.6 is 23.2 Å². The Morgan fingerprint density at radius 1 is 1.12 bits per heavy atom. The second-order valence-corrected chi connectivity index (χ2v) is 6.37. The van der Waals surface area contributed by atoms with Crippen molar-refractivity contribution in [3.05, 3.63) is 52.0 Å². The summed E-state index contributed by atoms with van der Waals surface area (Å²) in [4.78, 5) is 14.4. The lowest BCUT2D eigenvalue weighted by Crippen LogP contribution is -2.23. The van der Waals surface area contributed by atoms with Crippen LogP contribution in [0.5, 0.6) is 5.75 Å². The van der Waals surface area contributed by atoms with Gasteiger partial charge in [-0.2, -0.15) is 0 Å². The van der Waals surface area contributed by atoms with Crippen molar-refractivity contribution < 1.29 is 9.53 Å². The third-order valence-corrected chi connectivity index (χ3v) is 4.47. The number of ether oxygens (including phenoxy) is 1. The third kappa shape index (κ3) is 5.03. The zero-order chi connectivity index (χ0) is 18.4. The maximum absolute atomic E-state index is 12.2. The molecule has 0 saturated heterocycles. The predicted molar refractivity (Wildman–Crippen MR) is 105 cm³/mol. The molecule has 2 rings (SSSR count). The number of carbonyl (C=O) groups excluding carboxylic acids is 1. The van der Waals surface area contributed by atoms with E-state index in [0.29, 0.717) is 15.8 Å². The summed E-state index contributed by atoms with van der Waals surface area (Å²) in [6.07, 6.45) is 0. The third-order valence-electron chi connectivity index (χ3n) is 3.88. The van der Waals surface area contributed by atoms with Crippen LogP contribution in [0.3, 0.4) is 0 Å². The fourth-order valence-corrected chi connectivity index (χ4v) is 3.02. The zero-order valence-electron chi connectivity index (χ0n) is 14.6. The van der Waals surface area contributed by atoms with E-state index in [9.17, 15) is 4.79 Å². The molecule has 0 unspecified atom stereocenters.